The van der Waals surface area contributed by atoms with Crippen LogP contribution in [0.25, 0.3) is 0 Å². The van der Waals surface area contributed by atoms with Crippen molar-refractivity contribution in [3.05, 3.63) is 34.1 Å². The lowest BCUT2D eigenvalue weighted by molar-refractivity contribution is 0.122. The van der Waals surface area contributed by atoms with Gasteiger partial charge >= 0.3 is 0 Å². The molecule has 2 N–H and O–H groups in total. The lowest BCUT2D eigenvalue weighted by atomic mass is 10.1. The number of hydrogen-bond donors (Lipinski definition) is 2. The van der Waals surface area contributed by atoms with Crippen LogP contribution in [0, 0.1) is 5.82 Å². The molecule has 1 saturated heterocycles. The van der Waals surface area contributed by atoms with Gasteiger partial charge in [0.15, 0.2) is 0 Å². The molecular weight excluding hydrogens is 277 g/mol. The van der Waals surface area contributed by atoms with Crippen molar-refractivity contribution in [2.24, 2.45) is 0 Å². The zero-order chi connectivity index (χ0) is 11.5. The van der Waals surface area contributed by atoms with E-state index in [0.717, 1.165) is 4.47 Å². The lowest BCUT2D eigenvalue weighted by Crippen LogP contribution is -2.38. The maximum absolute atomic E-state index is 13.4. The molecule has 2 unspecified atom stereocenters. The first-order valence-corrected chi connectivity index (χ1v) is 5.89. The van der Waals surface area contributed by atoms with E-state index in [2.05, 4.69) is 21.2 Å². The van der Waals surface area contributed by atoms with Crippen LogP contribution in [-0.2, 0) is 11.3 Å². The van der Waals surface area contributed by atoms with Crippen molar-refractivity contribution in [2.75, 3.05) is 13.2 Å². The molecule has 3 nitrogen and oxygen atoms in total. The fraction of sp³-hybridized carbons (Fsp3) is 0.455. The second-order valence-corrected chi connectivity index (χ2v) is 4.74. The smallest absolute Gasteiger partial charge is 0.127 e. The first-order chi connectivity index (χ1) is 7.66. The van der Waals surface area contributed by atoms with Gasteiger partial charge in [-0.3, -0.25) is 0 Å². The molecule has 0 bridgehead atoms. The molecule has 1 heterocycles. The van der Waals surface area contributed by atoms with E-state index in [0.29, 0.717) is 25.3 Å². The molecule has 16 heavy (non-hydrogen) atoms. The highest BCUT2D eigenvalue weighted by molar-refractivity contribution is 9.10. The van der Waals surface area contributed by atoms with Crippen molar-refractivity contribution >= 4 is 15.9 Å². The van der Waals surface area contributed by atoms with E-state index in [1.54, 1.807) is 12.1 Å². The third-order valence-corrected chi connectivity index (χ3v) is 3.11. The van der Waals surface area contributed by atoms with Crippen LogP contribution in [0.4, 0.5) is 4.39 Å². The van der Waals surface area contributed by atoms with Crippen LogP contribution in [0.2, 0.25) is 0 Å². The topological polar surface area (TPSA) is 41.5 Å². The van der Waals surface area contributed by atoms with Crippen LogP contribution >= 0.6 is 15.9 Å². The summed E-state index contributed by atoms with van der Waals surface area (Å²) in [5, 5.41) is 12.6. The molecule has 0 radical (unpaired) electrons. The van der Waals surface area contributed by atoms with Gasteiger partial charge in [-0.15, -0.1) is 0 Å². The summed E-state index contributed by atoms with van der Waals surface area (Å²) < 4.78 is 19.3. The molecule has 1 aromatic rings. The van der Waals surface area contributed by atoms with Crippen molar-refractivity contribution in [1.82, 2.24) is 5.32 Å². The van der Waals surface area contributed by atoms with Crippen LogP contribution in [-0.4, -0.2) is 30.5 Å². The average molecular weight is 290 g/mol. The molecule has 0 spiro atoms. The number of aliphatic hydroxyl groups excluding tert-OH is 1. The zero-order valence-corrected chi connectivity index (χ0v) is 10.2. The van der Waals surface area contributed by atoms with E-state index < -0.39 is 6.10 Å². The molecule has 2 rings (SSSR count). The van der Waals surface area contributed by atoms with Gasteiger partial charge in [0.05, 0.1) is 25.4 Å². The molecule has 1 aromatic carbocycles. The number of halogens is 2. The van der Waals surface area contributed by atoms with Crippen molar-refractivity contribution in [3.63, 3.8) is 0 Å². The summed E-state index contributed by atoms with van der Waals surface area (Å²) in [6, 6.07) is 4.69. The Morgan fingerprint density at radius 2 is 2.31 bits per heavy atom. The Morgan fingerprint density at radius 3 is 3.00 bits per heavy atom. The molecule has 5 heteroatoms. The van der Waals surface area contributed by atoms with Crippen LogP contribution in [0.5, 0.6) is 0 Å². The summed E-state index contributed by atoms with van der Waals surface area (Å²) in [5.41, 5.74) is 0.577. The quantitative estimate of drug-likeness (QED) is 0.885. The first kappa shape index (κ1) is 12.0. The third-order valence-electron chi connectivity index (χ3n) is 2.61. The zero-order valence-electron chi connectivity index (χ0n) is 8.62. The van der Waals surface area contributed by atoms with Crippen molar-refractivity contribution in [2.45, 2.75) is 18.7 Å². The molecule has 1 aliphatic heterocycles. The fourth-order valence-corrected chi connectivity index (χ4v) is 2.07. The Labute approximate surface area is 102 Å². The average Bonchev–Trinajstić information content (AvgIpc) is 2.66. The minimum Gasteiger partial charge on any atom is -0.389 e. The number of nitrogens with one attached hydrogen (secondary N) is 1. The van der Waals surface area contributed by atoms with Crippen LogP contribution < -0.4 is 5.32 Å². The molecule has 0 amide bonds. The Bertz CT molecular complexity index is 375. The monoisotopic (exact) mass is 289 g/mol. The van der Waals surface area contributed by atoms with E-state index in [1.807, 2.05) is 0 Å². The minimum absolute atomic E-state index is 0.113. The van der Waals surface area contributed by atoms with E-state index in [9.17, 15) is 9.50 Å². The maximum Gasteiger partial charge on any atom is 0.127 e. The number of rotatable bonds is 3. The highest BCUT2D eigenvalue weighted by Crippen LogP contribution is 2.16. The van der Waals surface area contributed by atoms with Gasteiger partial charge in [0.25, 0.3) is 0 Å². The predicted octanol–water partition coefficient (Wildman–Crippen LogP) is 1.44. The number of ether oxygens (including phenoxy) is 1. The standard InChI is InChI=1S/C11H13BrFNO2/c12-8-1-2-9(13)7(3-8)4-14-10-5-16-6-11(10)15/h1-3,10-11,14-15H,4-6H2. The Hall–Kier alpha value is -0.490. The van der Waals surface area contributed by atoms with Gasteiger partial charge in [0, 0.05) is 16.6 Å². The molecule has 1 fully saturated rings. The summed E-state index contributed by atoms with van der Waals surface area (Å²) in [6.07, 6.45) is -0.504. The van der Waals surface area contributed by atoms with E-state index >= 15 is 0 Å². The number of benzene rings is 1. The van der Waals surface area contributed by atoms with Crippen LogP contribution in [0.3, 0.4) is 0 Å². The van der Waals surface area contributed by atoms with Gasteiger partial charge in [-0.1, -0.05) is 15.9 Å². The number of hydrogen-bond acceptors (Lipinski definition) is 3. The minimum atomic E-state index is -0.504. The van der Waals surface area contributed by atoms with Crippen LogP contribution in [0.1, 0.15) is 5.56 Å². The first-order valence-electron chi connectivity index (χ1n) is 5.10. The summed E-state index contributed by atoms with van der Waals surface area (Å²) in [5.74, 6) is -0.246. The van der Waals surface area contributed by atoms with Gasteiger partial charge < -0.3 is 15.2 Å². The summed E-state index contributed by atoms with van der Waals surface area (Å²) in [7, 11) is 0. The van der Waals surface area contributed by atoms with Gasteiger partial charge in [0.2, 0.25) is 0 Å². The van der Waals surface area contributed by atoms with Crippen LogP contribution in [0.15, 0.2) is 22.7 Å². The molecule has 0 aliphatic carbocycles. The van der Waals surface area contributed by atoms with Gasteiger partial charge in [-0.25, -0.2) is 4.39 Å². The molecular formula is C11H13BrFNO2. The normalized spacial score (nSPS) is 24.9. The maximum atomic E-state index is 13.4. The van der Waals surface area contributed by atoms with Gasteiger partial charge in [-0.2, -0.15) is 0 Å². The van der Waals surface area contributed by atoms with Crippen molar-refractivity contribution < 1.29 is 14.2 Å². The molecule has 2 atom stereocenters. The highest BCUT2D eigenvalue weighted by Gasteiger charge is 2.25. The molecule has 0 aromatic heterocycles. The van der Waals surface area contributed by atoms with Gasteiger partial charge in [0.1, 0.15) is 5.82 Å². The Kier molecular flexibility index (Phi) is 3.91. The van der Waals surface area contributed by atoms with Crippen molar-refractivity contribution in [3.8, 4) is 0 Å². The van der Waals surface area contributed by atoms with E-state index in [4.69, 9.17) is 4.74 Å². The Morgan fingerprint density at radius 1 is 1.50 bits per heavy atom. The Balaban J connectivity index is 1.96. The van der Waals surface area contributed by atoms with Crippen molar-refractivity contribution in [1.29, 1.82) is 0 Å². The second-order valence-electron chi connectivity index (χ2n) is 3.83. The highest BCUT2D eigenvalue weighted by atomic mass is 79.9. The second kappa shape index (κ2) is 5.23. The number of aliphatic hydroxyl groups is 1. The summed E-state index contributed by atoms with van der Waals surface area (Å²) >= 11 is 3.29. The van der Waals surface area contributed by atoms with E-state index in [-0.39, 0.29) is 11.9 Å². The molecule has 88 valence electrons. The SMILES string of the molecule is OC1COCC1NCc1cc(Br)ccc1F. The molecule has 1 aliphatic rings. The predicted molar refractivity (Wildman–Crippen MR) is 61.6 cm³/mol. The summed E-state index contributed by atoms with van der Waals surface area (Å²) in [4.78, 5) is 0. The molecule has 0 saturated carbocycles. The third kappa shape index (κ3) is 2.79. The summed E-state index contributed by atoms with van der Waals surface area (Å²) in [6.45, 7) is 1.20. The fourth-order valence-electron chi connectivity index (χ4n) is 1.66. The lowest BCUT2D eigenvalue weighted by Gasteiger charge is -2.14. The van der Waals surface area contributed by atoms with E-state index in [1.165, 1.54) is 6.07 Å². The van der Waals surface area contributed by atoms with Gasteiger partial charge in [-0.05, 0) is 18.2 Å². The largest absolute Gasteiger partial charge is 0.389 e.